The van der Waals surface area contributed by atoms with Gasteiger partial charge in [-0.05, 0) is 18.6 Å². The second kappa shape index (κ2) is 3.80. The number of nitrogen functional groups attached to an aromatic ring is 1. The van der Waals surface area contributed by atoms with Crippen molar-refractivity contribution in [2.75, 3.05) is 12.4 Å². The van der Waals surface area contributed by atoms with E-state index in [0.29, 0.717) is 17.3 Å². The van der Waals surface area contributed by atoms with Crippen molar-refractivity contribution in [1.82, 2.24) is 19.7 Å². The molecule has 1 aliphatic heterocycles. The lowest BCUT2D eigenvalue weighted by molar-refractivity contribution is 0.368. The van der Waals surface area contributed by atoms with E-state index in [1.54, 1.807) is 18.2 Å². The van der Waals surface area contributed by atoms with Gasteiger partial charge in [0.1, 0.15) is 24.0 Å². The summed E-state index contributed by atoms with van der Waals surface area (Å²) in [5.41, 5.74) is 6.28. The van der Waals surface area contributed by atoms with Crippen LogP contribution in [0.15, 0.2) is 18.2 Å². The number of halogens is 1. The van der Waals surface area contributed by atoms with Crippen molar-refractivity contribution in [3.05, 3.63) is 24.0 Å². The van der Waals surface area contributed by atoms with Gasteiger partial charge in [-0.1, -0.05) is 6.07 Å². The van der Waals surface area contributed by atoms with Gasteiger partial charge in [0, 0.05) is 6.42 Å². The number of pyridine rings is 1. The average molecular weight is 233 g/mol. The molecule has 0 spiro atoms. The SMILES string of the molecule is Nc1cccc(-c2nnc3n2C(CF)CC3)n1. The predicted molar refractivity (Wildman–Crippen MR) is 61.0 cm³/mol. The first-order valence-corrected chi connectivity index (χ1v) is 5.52. The molecule has 6 heteroatoms. The number of aryl methyl sites for hydroxylation is 1. The van der Waals surface area contributed by atoms with E-state index in [-0.39, 0.29) is 6.04 Å². The van der Waals surface area contributed by atoms with Crippen LogP contribution in [-0.2, 0) is 6.42 Å². The van der Waals surface area contributed by atoms with Crippen LogP contribution in [-0.4, -0.2) is 26.4 Å². The van der Waals surface area contributed by atoms with Crippen molar-refractivity contribution < 1.29 is 4.39 Å². The van der Waals surface area contributed by atoms with Gasteiger partial charge >= 0.3 is 0 Å². The molecule has 5 nitrogen and oxygen atoms in total. The summed E-state index contributed by atoms with van der Waals surface area (Å²) < 4.78 is 14.7. The van der Waals surface area contributed by atoms with Gasteiger partial charge in [-0.3, -0.25) is 0 Å². The van der Waals surface area contributed by atoms with Crippen LogP contribution in [0, 0.1) is 0 Å². The highest BCUT2D eigenvalue weighted by molar-refractivity contribution is 5.53. The summed E-state index contributed by atoms with van der Waals surface area (Å²) in [6, 6.07) is 5.15. The highest BCUT2D eigenvalue weighted by atomic mass is 19.1. The number of nitrogens with two attached hydrogens (primary N) is 1. The van der Waals surface area contributed by atoms with Gasteiger partial charge in [0.2, 0.25) is 0 Å². The zero-order valence-corrected chi connectivity index (χ0v) is 9.17. The summed E-state index contributed by atoms with van der Waals surface area (Å²) in [5, 5.41) is 8.14. The minimum Gasteiger partial charge on any atom is -0.384 e. The highest BCUT2D eigenvalue weighted by Crippen LogP contribution is 2.30. The summed E-state index contributed by atoms with van der Waals surface area (Å²) >= 11 is 0. The number of hydrogen-bond donors (Lipinski definition) is 1. The number of hydrogen-bond acceptors (Lipinski definition) is 4. The summed E-state index contributed by atoms with van der Waals surface area (Å²) in [6.07, 6.45) is 1.54. The van der Waals surface area contributed by atoms with Crippen LogP contribution in [0.25, 0.3) is 11.5 Å². The first-order valence-electron chi connectivity index (χ1n) is 5.52. The molecule has 0 saturated heterocycles. The van der Waals surface area contributed by atoms with E-state index in [0.717, 1.165) is 18.7 Å². The quantitative estimate of drug-likeness (QED) is 0.850. The van der Waals surface area contributed by atoms with Gasteiger partial charge < -0.3 is 10.3 Å². The number of anilines is 1. The zero-order valence-electron chi connectivity index (χ0n) is 9.17. The molecule has 3 heterocycles. The van der Waals surface area contributed by atoms with E-state index in [1.165, 1.54) is 0 Å². The maximum atomic E-state index is 12.9. The van der Waals surface area contributed by atoms with Gasteiger partial charge in [0.25, 0.3) is 0 Å². The Kier molecular flexibility index (Phi) is 2.28. The number of aromatic nitrogens is 4. The first-order chi connectivity index (χ1) is 8.29. The van der Waals surface area contributed by atoms with E-state index in [9.17, 15) is 4.39 Å². The second-order valence-electron chi connectivity index (χ2n) is 4.10. The van der Waals surface area contributed by atoms with Crippen LogP contribution < -0.4 is 5.73 Å². The van der Waals surface area contributed by atoms with Crippen LogP contribution >= 0.6 is 0 Å². The Morgan fingerprint density at radius 1 is 1.41 bits per heavy atom. The van der Waals surface area contributed by atoms with E-state index in [1.807, 2.05) is 4.57 Å². The standard InChI is InChI=1S/C11H12FN5/c12-6-7-4-5-10-15-16-11(17(7)10)8-2-1-3-9(13)14-8/h1-3,7H,4-6H2,(H2,13,14). The van der Waals surface area contributed by atoms with Crippen LogP contribution in [0.4, 0.5) is 10.2 Å². The van der Waals surface area contributed by atoms with E-state index in [4.69, 9.17) is 5.73 Å². The number of alkyl halides is 1. The lowest BCUT2D eigenvalue weighted by Crippen LogP contribution is -2.08. The minimum absolute atomic E-state index is 0.168. The third-order valence-electron chi connectivity index (χ3n) is 3.01. The molecule has 0 bridgehead atoms. The molecule has 1 atom stereocenters. The molecule has 0 amide bonds. The van der Waals surface area contributed by atoms with Gasteiger partial charge in [-0.15, -0.1) is 10.2 Å². The monoisotopic (exact) mass is 233 g/mol. The maximum absolute atomic E-state index is 12.9. The van der Waals surface area contributed by atoms with Crippen molar-refractivity contribution in [1.29, 1.82) is 0 Å². The van der Waals surface area contributed by atoms with E-state index >= 15 is 0 Å². The van der Waals surface area contributed by atoms with Gasteiger partial charge in [-0.2, -0.15) is 0 Å². The van der Waals surface area contributed by atoms with Crippen molar-refractivity contribution in [2.24, 2.45) is 0 Å². The molecule has 2 N–H and O–H groups in total. The Morgan fingerprint density at radius 2 is 2.29 bits per heavy atom. The molecule has 1 aliphatic rings. The molecule has 0 aromatic carbocycles. The number of rotatable bonds is 2. The fraction of sp³-hybridized carbons (Fsp3) is 0.364. The summed E-state index contributed by atoms with van der Waals surface area (Å²) in [4.78, 5) is 4.19. The lowest BCUT2D eigenvalue weighted by atomic mass is 10.2. The maximum Gasteiger partial charge on any atom is 0.183 e. The molecule has 0 aliphatic carbocycles. The Bertz CT molecular complexity index is 551. The molecule has 2 aromatic rings. The highest BCUT2D eigenvalue weighted by Gasteiger charge is 2.27. The number of fused-ring (bicyclic) bond motifs is 1. The molecular formula is C11H12FN5. The summed E-state index contributed by atoms with van der Waals surface area (Å²) in [6.45, 7) is -0.402. The fourth-order valence-corrected chi connectivity index (χ4v) is 2.20. The molecule has 3 rings (SSSR count). The smallest absolute Gasteiger partial charge is 0.183 e. The first kappa shape index (κ1) is 10.2. The van der Waals surface area contributed by atoms with Gasteiger partial charge in [-0.25, -0.2) is 9.37 Å². The van der Waals surface area contributed by atoms with E-state index in [2.05, 4.69) is 15.2 Å². The number of nitrogens with zero attached hydrogens (tertiary/aromatic N) is 4. The van der Waals surface area contributed by atoms with Crippen LogP contribution in [0.2, 0.25) is 0 Å². The largest absolute Gasteiger partial charge is 0.384 e. The van der Waals surface area contributed by atoms with Crippen molar-refractivity contribution in [3.8, 4) is 11.5 Å². The Hall–Kier alpha value is -1.98. The second-order valence-corrected chi connectivity index (χ2v) is 4.10. The fourth-order valence-electron chi connectivity index (χ4n) is 2.20. The topological polar surface area (TPSA) is 69.6 Å². The Morgan fingerprint density at radius 3 is 3.06 bits per heavy atom. The normalized spacial score (nSPS) is 18.3. The molecule has 0 saturated carbocycles. The minimum atomic E-state index is -0.402. The third kappa shape index (κ3) is 1.56. The predicted octanol–water partition coefficient (Wildman–Crippen LogP) is 1.38. The van der Waals surface area contributed by atoms with Gasteiger partial charge in [0.15, 0.2) is 5.82 Å². The molecule has 0 fully saturated rings. The third-order valence-corrected chi connectivity index (χ3v) is 3.01. The Labute approximate surface area is 97.5 Å². The van der Waals surface area contributed by atoms with Gasteiger partial charge in [0.05, 0.1) is 6.04 Å². The molecule has 1 unspecified atom stereocenters. The molecule has 2 aromatic heterocycles. The van der Waals surface area contributed by atoms with E-state index < -0.39 is 6.67 Å². The average Bonchev–Trinajstić information content (AvgIpc) is 2.89. The molecular weight excluding hydrogens is 221 g/mol. The molecule has 88 valence electrons. The summed E-state index contributed by atoms with van der Waals surface area (Å²) in [5.74, 6) is 1.86. The van der Waals surface area contributed by atoms with Crippen molar-refractivity contribution >= 4 is 5.82 Å². The van der Waals surface area contributed by atoms with Crippen LogP contribution in [0.1, 0.15) is 18.3 Å². The van der Waals surface area contributed by atoms with Crippen LogP contribution in [0.5, 0.6) is 0 Å². The Balaban J connectivity index is 2.11. The van der Waals surface area contributed by atoms with Crippen molar-refractivity contribution in [2.45, 2.75) is 18.9 Å². The van der Waals surface area contributed by atoms with Crippen molar-refractivity contribution in [3.63, 3.8) is 0 Å². The summed E-state index contributed by atoms with van der Waals surface area (Å²) in [7, 11) is 0. The molecule has 17 heavy (non-hydrogen) atoms. The zero-order chi connectivity index (χ0) is 11.8. The molecule has 0 radical (unpaired) electrons. The van der Waals surface area contributed by atoms with Crippen LogP contribution in [0.3, 0.4) is 0 Å². The lowest BCUT2D eigenvalue weighted by Gasteiger charge is -2.10.